The van der Waals surface area contributed by atoms with Crippen molar-refractivity contribution >= 4 is 38.5 Å². The summed E-state index contributed by atoms with van der Waals surface area (Å²) in [6, 6.07) is 3.97. The predicted molar refractivity (Wildman–Crippen MR) is 49.4 cm³/mol. The fourth-order valence-electron chi connectivity index (χ4n) is 0.588. The van der Waals surface area contributed by atoms with Gasteiger partial charge in [-0.2, -0.15) is 0 Å². The van der Waals surface area contributed by atoms with Crippen LogP contribution in [0.5, 0.6) is 0 Å². The highest BCUT2D eigenvalue weighted by Gasteiger charge is 1.91. The van der Waals surface area contributed by atoms with Crippen molar-refractivity contribution in [1.82, 2.24) is 4.98 Å². The quantitative estimate of drug-likeness (QED) is 0.530. The Balaban J connectivity index is 3.17. The van der Waals surface area contributed by atoms with Crippen LogP contribution in [0.1, 0.15) is 5.69 Å². The molecule has 0 radical (unpaired) electrons. The second kappa shape index (κ2) is 2.96. The molecule has 1 nitrogen and oxygen atoms in total. The molecular weight excluding hydrogens is 293 g/mol. The third-order valence-electron chi connectivity index (χ3n) is 0.887. The average Bonchev–Trinajstić information content (AvgIpc) is 1.59. The number of hydrogen-bond donors (Lipinski definition) is 0. The first-order valence-corrected chi connectivity index (χ1v) is 4.35. The molecule has 0 unspecified atom stereocenters. The van der Waals surface area contributed by atoms with Gasteiger partial charge < -0.3 is 0 Å². The van der Waals surface area contributed by atoms with Gasteiger partial charge in [0.2, 0.25) is 0 Å². The summed E-state index contributed by atoms with van der Waals surface area (Å²) >= 11 is 5.56. The van der Waals surface area contributed by atoms with Crippen molar-refractivity contribution in [3.63, 3.8) is 0 Å². The normalized spacial score (nSPS) is 9.67. The summed E-state index contributed by atoms with van der Waals surface area (Å²) in [5.74, 6) is 0. The van der Waals surface area contributed by atoms with Crippen LogP contribution in [0, 0.1) is 10.6 Å². The highest BCUT2D eigenvalue weighted by atomic mass is 127. The van der Waals surface area contributed by atoms with Crippen molar-refractivity contribution < 1.29 is 0 Å². The highest BCUT2D eigenvalue weighted by Crippen LogP contribution is 2.12. The number of rotatable bonds is 0. The minimum atomic E-state index is 1.03. The van der Waals surface area contributed by atoms with Crippen LogP contribution in [-0.2, 0) is 0 Å². The lowest BCUT2D eigenvalue weighted by atomic mass is 10.4. The van der Waals surface area contributed by atoms with Gasteiger partial charge in [0, 0.05) is 10.2 Å². The first-order chi connectivity index (χ1) is 4.18. The average molecular weight is 298 g/mol. The molecule has 1 aromatic rings. The number of halogens is 2. The van der Waals surface area contributed by atoms with E-state index in [9.17, 15) is 0 Å². The van der Waals surface area contributed by atoms with Crippen LogP contribution in [0.15, 0.2) is 16.6 Å². The topological polar surface area (TPSA) is 12.9 Å². The maximum atomic E-state index is 4.19. The Morgan fingerprint density at radius 3 is 2.67 bits per heavy atom. The molecule has 0 amide bonds. The minimum Gasteiger partial charge on any atom is -0.247 e. The van der Waals surface area contributed by atoms with Crippen LogP contribution in [0.25, 0.3) is 0 Å². The van der Waals surface area contributed by atoms with Crippen LogP contribution in [0.2, 0.25) is 0 Å². The lowest BCUT2D eigenvalue weighted by Crippen LogP contribution is -1.83. The maximum absolute atomic E-state index is 4.19. The Kier molecular flexibility index (Phi) is 2.46. The molecule has 0 spiro atoms. The van der Waals surface area contributed by atoms with E-state index in [0.717, 1.165) is 13.9 Å². The molecule has 0 aromatic carbocycles. The zero-order chi connectivity index (χ0) is 6.85. The summed E-state index contributed by atoms with van der Waals surface area (Å²) in [7, 11) is 0. The Morgan fingerprint density at radius 1 is 1.56 bits per heavy atom. The molecule has 0 aliphatic carbocycles. The zero-order valence-corrected chi connectivity index (χ0v) is 8.60. The van der Waals surface area contributed by atoms with Crippen LogP contribution >= 0.6 is 38.5 Å². The van der Waals surface area contributed by atoms with E-state index in [1.165, 1.54) is 0 Å². The monoisotopic (exact) mass is 297 g/mol. The molecule has 0 aliphatic rings. The third-order valence-corrected chi connectivity index (χ3v) is 1.90. The van der Waals surface area contributed by atoms with E-state index < -0.39 is 0 Å². The van der Waals surface area contributed by atoms with Crippen molar-refractivity contribution in [3.05, 3.63) is 26.0 Å². The van der Waals surface area contributed by atoms with Gasteiger partial charge in [0.05, 0.1) is 0 Å². The predicted octanol–water partition coefficient (Wildman–Crippen LogP) is 2.76. The minimum absolute atomic E-state index is 1.03. The van der Waals surface area contributed by atoms with Crippen molar-refractivity contribution in [2.75, 3.05) is 0 Å². The van der Waals surface area contributed by atoms with Gasteiger partial charge >= 0.3 is 0 Å². The molecule has 0 aliphatic heterocycles. The van der Waals surface area contributed by atoms with E-state index >= 15 is 0 Å². The number of aryl methyl sites for hydroxylation is 1. The van der Waals surface area contributed by atoms with Crippen LogP contribution in [-0.4, -0.2) is 4.98 Å². The van der Waals surface area contributed by atoms with Crippen molar-refractivity contribution in [1.29, 1.82) is 0 Å². The molecule has 1 heterocycles. The molecular formula is C6H5BrIN. The summed E-state index contributed by atoms with van der Waals surface area (Å²) in [4.78, 5) is 4.19. The molecule has 1 aromatic heterocycles. The fraction of sp³-hybridized carbons (Fsp3) is 0.167. The second-order valence-electron chi connectivity index (χ2n) is 1.75. The van der Waals surface area contributed by atoms with Gasteiger partial charge in [0.15, 0.2) is 0 Å². The second-order valence-corrected chi connectivity index (χ2v) is 3.77. The standard InChI is InChI=1S/C6H5BrIN/c1-4-2-5(7)3-6(8)9-4/h2-3H,1H3. The molecule has 0 fully saturated rings. The number of nitrogens with zero attached hydrogens (tertiary/aromatic N) is 1. The molecule has 9 heavy (non-hydrogen) atoms. The summed E-state index contributed by atoms with van der Waals surface area (Å²) in [5, 5.41) is 0. The first-order valence-electron chi connectivity index (χ1n) is 2.48. The molecule has 0 saturated carbocycles. The number of aromatic nitrogens is 1. The molecule has 0 saturated heterocycles. The Labute approximate surface area is 76.1 Å². The van der Waals surface area contributed by atoms with E-state index in [0.29, 0.717) is 0 Å². The van der Waals surface area contributed by atoms with E-state index in [4.69, 9.17) is 0 Å². The Hall–Kier alpha value is 0.360. The number of hydrogen-bond acceptors (Lipinski definition) is 1. The Bertz CT molecular complexity index is 174. The van der Waals surface area contributed by atoms with E-state index in [1.807, 2.05) is 19.1 Å². The van der Waals surface area contributed by atoms with Crippen molar-refractivity contribution in [2.45, 2.75) is 6.92 Å². The largest absolute Gasteiger partial charge is 0.247 e. The van der Waals surface area contributed by atoms with Crippen LogP contribution in [0.3, 0.4) is 0 Å². The van der Waals surface area contributed by atoms with Crippen molar-refractivity contribution in [2.24, 2.45) is 0 Å². The fourth-order valence-corrected chi connectivity index (χ4v) is 2.28. The van der Waals surface area contributed by atoms with E-state index in [2.05, 4.69) is 43.5 Å². The number of pyridine rings is 1. The Morgan fingerprint density at radius 2 is 2.22 bits per heavy atom. The smallest absolute Gasteiger partial charge is 0.102 e. The summed E-state index contributed by atoms with van der Waals surface area (Å²) < 4.78 is 2.12. The highest BCUT2D eigenvalue weighted by molar-refractivity contribution is 14.1. The van der Waals surface area contributed by atoms with Crippen LogP contribution in [0.4, 0.5) is 0 Å². The summed E-state index contributed by atoms with van der Waals surface area (Å²) in [6.07, 6.45) is 0. The van der Waals surface area contributed by atoms with Gasteiger partial charge in [-0.3, -0.25) is 0 Å². The first kappa shape index (κ1) is 7.47. The lowest BCUT2D eigenvalue weighted by Gasteiger charge is -1.93. The summed E-state index contributed by atoms with van der Waals surface area (Å²) in [6.45, 7) is 1.98. The maximum Gasteiger partial charge on any atom is 0.102 e. The van der Waals surface area contributed by atoms with E-state index in [1.54, 1.807) is 0 Å². The van der Waals surface area contributed by atoms with Crippen molar-refractivity contribution in [3.8, 4) is 0 Å². The third kappa shape index (κ3) is 2.21. The molecule has 1 rings (SSSR count). The molecule has 48 valence electrons. The van der Waals surface area contributed by atoms with Gasteiger partial charge in [0.25, 0.3) is 0 Å². The SMILES string of the molecule is Cc1cc(Br)cc(I)n1. The van der Waals surface area contributed by atoms with Gasteiger partial charge in [-0.15, -0.1) is 0 Å². The molecule has 0 atom stereocenters. The van der Waals surface area contributed by atoms with Crippen LogP contribution < -0.4 is 0 Å². The zero-order valence-electron chi connectivity index (χ0n) is 4.86. The molecule has 3 heteroatoms. The van der Waals surface area contributed by atoms with Gasteiger partial charge in [-0.1, -0.05) is 15.9 Å². The summed E-state index contributed by atoms with van der Waals surface area (Å²) in [5.41, 5.74) is 1.05. The van der Waals surface area contributed by atoms with Gasteiger partial charge in [-0.25, -0.2) is 4.98 Å². The van der Waals surface area contributed by atoms with Gasteiger partial charge in [0.1, 0.15) is 3.70 Å². The van der Waals surface area contributed by atoms with Gasteiger partial charge in [-0.05, 0) is 41.6 Å². The molecule has 0 bridgehead atoms. The molecule has 0 N–H and O–H groups in total. The lowest BCUT2D eigenvalue weighted by molar-refractivity contribution is 1.15. The van der Waals surface area contributed by atoms with E-state index in [-0.39, 0.29) is 0 Å².